The molecule has 1 N–H and O–H groups in total. The molecule has 1 aromatic rings. The topological polar surface area (TPSA) is 41.1 Å². The molecule has 0 amide bonds. The van der Waals surface area contributed by atoms with E-state index in [1.54, 1.807) is 0 Å². The average molecular weight is 315 g/mol. The Kier molecular flexibility index (Phi) is 7.01. The molecule has 1 heterocycles. The zero-order valence-corrected chi connectivity index (χ0v) is 13.1. The Balaban J connectivity index is 2.87. The highest BCUT2D eigenvalue weighted by Gasteiger charge is 2.12. The predicted octanol–water partition coefficient (Wildman–Crippen LogP) is 3.69. The molecule has 0 fully saturated rings. The van der Waals surface area contributed by atoms with Gasteiger partial charge in [-0.3, -0.25) is 0 Å². The summed E-state index contributed by atoms with van der Waals surface area (Å²) in [7, 11) is 1.84. The van der Waals surface area contributed by atoms with Crippen LogP contribution in [0.2, 0.25) is 0 Å². The second-order valence-corrected chi connectivity index (χ2v) is 5.16. The molecular weight excluding hydrogens is 292 g/mol. The molecule has 18 heavy (non-hydrogen) atoms. The van der Waals surface area contributed by atoms with Gasteiger partial charge in [0.15, 0.2) is 0 Å². The molecule has 4 nitrogen and oxygen atoms in total. The van der Waals surface area contributed by atoms with Crippen LogP contribution < -0.4 is 10.2 Å². The fraction of sp³-hybridized carbons (Fsp3) is 0.692. The van der Waals surface area contributed by atoms with Gasteiger partial charge in [-0.25, -0.2) is 4.98 Å². The van der Waals surface area contributed by atoms with E-state index in [1.165, 1.54) is 25.7 Å². The van der Waals surface area contributed by atoms with Gasteiger partial charge < -0.3 is 10.2 Å². The Bertz CT molecular complexity index is 349. The van der Waals surface area contributed by atoms with Crippen molar-refractivity contribution in [3.63, 3.8) is 0 Å². The van der Waals surface area contributed by atoms with Crippen molar-refractivity contribution in [3.05, 3.63) is 10.7 Å². The van der Waals surface area contributed by atoms with Crippen molar-refractivity contribution in [1.82, 2.24) is 9.97 Å². The van der Waals surface area contributed by atoms with Crippen LogP contribution in [0.5, 0.6) is 0 Å². The first-order valence-corrected chi connectivity index (χ1v) is 7.47. The fourth-order valence-electron chi connectivity index (χ4n) is 1.72. The van der Waals surface area contributed by atoms with Crippen molar-refractivity contribution in [2.24, 2.45) is 0 Å². The van der Waals surface area contributed by atoms with Crippen LogP contribution in [0.1, 0.15) is 39.5 Å². The molecule has 0 saturated carbocycles. The summed E-state index contributed by atoms with van der Waals surface area (Å²) in [5.41, 5.74) is 0. The molecular formula is C13H23BrN4. The summed E-state index contributed by atoms with van der Waals surface area (Å²) in [4.78, 5) is 11.1. The van der Waals surface area contributed by atoms with E-state index in [1.807, 2.05) is 13.2 Å². The van der Waals surface area contributed by atoms with Gasteiger partial charge in [0.25, 0.3) is 0 Å². The zero-order chi connectivity index (χ0) is 13.4. The Hall–Kier alpha value is -0.840. The van der Waals surface area contributed by atoms with Crippen molar-refractivity contribution < 1.29 is 0 Å². The number of hydrogen-bond acceptors (Lipinski definition) is 4. The number of halogens is 1. The normalized spacial score (nSPS) is 10.4. The minimum Gasteiger partial charge on any atom is -0.357 e. The third-order valence-corrected chi connectivity index (χ3v) is 3.37. The summed E-state index contributed by atoms with van der Waals surface area (Å²) in [5.74, 6) is 1.67. The van der Waals surface area contributed by atoms with Gasteiger partial charge in [0.2, 0.25) is 5.95 Å². The third kappa shape index (κ3) is 4.44. The maximum Gasteiger partial charge on any atom is 0.224 e. The first-order chi connectivity index (χ1) is 8.72. The van der Waals surface area contributed by atoms with Crippen LogP contribution in [0, 0.1) is 0 Å². The number of unbranched alkanes of at least 4 members (excludes halogenated alkanes) is 2. The zero-order valence-electron chi connectivity index (χ0n) is 11.5. The number of nitrogens with zero attached hydrogens (tertiary/aromatic N) is 3. The van der Waals surface area contributed by atoms with Gasteiger partial charge in [-0.1, -0.05) is 26.7 Å². The maximum absolute atomic E-state index is 4.55. The minimum atomic E-state index is 0.672. The van der Waals surface area contributed by atoms with Crippen LogP contribution >= 0.6 is 15.9 Å². The van der Waals surface area contributed by atoms with Crippen molar-refractivity contribution in [3.8, 4) is 0 Å². The van der Waals surface area contributed by atoms with Crippen molar-refractivity contribution in [2.45, 2.75) is 39.5 Å². The van der Waals surface area contributed by atoms with E-state index in [2.05, 4.69) is 50.0 Å². The summed E-state index contributed by atoms with van der Waals surface area (Å²) in [6.07, 6.45) is 6.59. The molecule has 102 valence electrons. The van der Waals surface area contributed by atoms with E-state index in [4.69, 9.17) is 0 Å². The fourth-order valence-corrected chi connectivity index (χ4v) is 2.16. The van der Waals surface area contributed by atoms with E-state index in [0.29, 0.717) is 5.95 Å². The second kappa shape index (κ2) is 8.29. The van der Waals surface area contributed by atoms with E-state index < -0.39 is 0 Å². The Morgan fingerprint density at radius 2 is 1.83 bits per heavy atom. The van der Waals surface area contributed by atoms with Crippen molar-refractivity contribution >= 4 is 27.7 Å². The lowest BCUT2D eigenvalue weighted by Crippen LogP contribution is -2.27. The molecule has 0 saturated heterocycles. The molecule has 0 unspecified atom stereocenters. The summed E-state index contributed by atoms with van der Waals surface area (Å²) >= 11 is 3.55. The molecule has 0 aliphatic carbocycles. The minimum absolute atomic E-state index is 0.672. The Morgan fingerprint density at radius 1 is 1.22 bits per heavy atom. The van der Waals surface area contributed by atoms with Crippen LogP contribution in [-0.2, 0) is 0 Å². The monoisotopic (exact) mass is 314 g/mol. The highest BCUT2D eigenvalue weighted by molar-refractivity contribution is 9.10. The molecule has 0 radical (unpaired) electrons. The number of rotatable bonds is 8. The SMILES string of the molecule is CCCCN(CCCC)c1nc(NC)ncc1Br. The number of nitrogens with one attached hydrogen (secondary N) is 1. The molecule has 5 heteroatoms. The van der Waals surface area contributed by atoms with E-state index in [9.17, 15) is 0 Å². The van der Waals surface area contributed by atoms with Gasteiger partial charge in [0, 0.05) is 26.3 Å². The van der Waals surface area contributed by atoms with E-state index >= 15 is 0 Å². The van der Waals surface area contributed by atoms with Crippen LogP contribution in [-0.4, -0.2) is 30.1 Å². The third-order valence-electron chi connectivity index (χ3n) is 2.81. The molecule has 0 aliphatic rings. The molecule has 0 atom stereocenters. The second-order valence-electron chi connectivity index (χ2n) is 4.31. The molecule has 1 rings (SSSR count). The first kappa shape index (κ1) is 15.2. The number of hydrogen-bond donors (Lipinski definition) is 1. The largest absolute Gasteiger partial charge is 0.357 e. The molecule has 0 aromatic carbocycles. The summed E-state index contributed by atoms with van der Waals surface area (Å²) < 4.78 is 0.966. The lowest BCUT2D eigenvalue weighted by atomic mass is 10.2. The number of anilines is 2. The van der Waals surface area contributed by atoms with Crippen LogP contribution in [0.25, 0.3) is 0 Å². The van der Waals surface area contributed by atoms with Crippen LogP contribution in [0.3, 0.4) is 0 Å². The highest BCUT2D eigenvalue weighted by Crippen LogP contribution is 2.25. The average Bonchev–Trinajstić information content (AvgIpc) is 2.40. The molecule has 0 spiro atoms. The van der Waals surface area contributed by atoms with Crippen LogP contribution in [0.15, 0.2) is 10.7 Å². The van der Waals surface area contributed by atoms with Crippen molar-refractivity contribution in [2.75, 3.05) is 30.4 Å². The summed E-state index contributed by atoms with van der Waals surface area (Å²) in [6, 6.07) is 0. The lowest BCUT2D eigenvalue weighted by molar-refractivity contribution is 0.669. The molecule has 1 aromatic heterocycles. The standard InChI is InChI=1S/C13H23BrN4/c1-4-6-8-18(9-7-5-2)12-11(14)10-16-13(15-3)17-12/h10H,4-9H2,1-3H3,(H,15,16,17). The van der Waals surface area contributed by atoms with Crippen LogP contribution in [0.4, 0.5) is 11.8 Å². The van der Waals surface area contributed by atoms with E-state index in [-0.39, 0.29) is 0 Å². The number of aromatic nitrogens is 2. The highest BCUT2D eigenvalue weighted by atomic mass is 79.9. The van der Waals surface area contributed by atoms with Gasteiger partial charge in [0.1, 0.15) is 5.82 Å². The molecule has 0 bridgehead atoms. The van der Waals surface area contributed by atoms with Gasteiger partial charge in [-0.15, -0.1) is 0 Å². The summed E-state index contributed by atoms with van der Waals surface area (Å²) in [6.45, 7) is 6.53. The summed E-state index contributed by atoms with van der Waals surface area (Å²) in [5, 5.41) is 2.99. The van der Waals surface area contributed by atoms with Gasteiger partial charge >= 0.3 is 0 Å². The van der Waals surface area contributed by atoms with Gasteiger partial charge in [-0.05, 0) is 28.8 Å². The van der Waals surface area contributed by atoms with Gasteiger partial charge in [0.05, 0.1) is 4.47 Å². The Morgan fingerprint density at radius 3 is 2.33 bits per heavy atom. The van der Waals surface area contributed by atoms with Crippen molar-refractivity contribution in [1.29, 1.82) is 0 Å². The lowest BCUT2D eigenvalue weighted by Gasteiger charge is -2.24. The maximum atomic E-state index is 4.55. The quantitative estimate of drug-likeness (QED) is 0.794. The van der Waals surface area contributed by atoms with Gasteiger partial charge in [-0.2, -0.15) is 4.98 Å². The Labute approximate surface area is 118 Å². The predicted molar refractivity (Wildman–Crippen MR) is 81.3 cm³/mol. The smallest absolute Gasteiger partial charge is 0.224 e. The first-order valence-electron chi connectivity index (χ1n) is 6.68. The van der Waals surface area contributed by atoms with E-state index in [0.717, 1.165) is 23.4 Å². The molecule has 0 aliphatic heterocycles.